The smallest absolute Gasteiger partial charge is 0.200 e. The van der Waals surface area contributed by atoms with Gasteiger partial charge in [-0.2, -0.15) is 0 Å². The van der Waals surface area contributed by atoms with E-state index < -0.39 is 8.32 Å². The van der Waals surface area contributed by atoms with Gasteiger partial charge in [0.25, 0.3) is 0 Å². The largest absolute Gasteiger partial charge is 0.416 e. The van der Waals surface area contributed by atoms with E-state index in [-0.39, 0.29) is 0 Å². The van der Waals surface area contributed by atoms with Crippen molar-refractivity contribution in [3.63, 3.8) is 0 Å². The molecule has 1 atom stereocenters. The second kappa shape index (κ2) is 13.0. The van der Waals surface area contributed by atoms with Gasteiger partial charge in [0.15, 0.2) is 8.32 Å². The highest BCUT2D eigenvalue weighted by atomic mass is 28.4. The van der Waals surface area contributed by atoms with Crippen LogP contribution in [0.15, 0.2) is 30.3 Å². The van der Waals surface area contributed by atoms with E-state index in [2.05, 4.69) is 78.8 Å². The van der Waals surface area contributed by atoms with Gasteiger partial charge in [-0.1, -0.05) is 111 Å². The second-order valence-corrected chi connectivity index (χ2v) is 16.3. The predicted octanol–water partition coefficient (Wildman–Crippen LogP) is 9.58. The van der Waals surface area contributed by atoms with Gasteiger partial charge in [-0.3, -0.25) is 0 Å². The maximum Gasteiger partial charge on any atom is 0.200 e. The quantitative estimate of drug-likeness (QED) is 0.206. The highest BCUT2D eigenvalue weighted by Crippen LogP contribution is 2.43. The van der Waals surface area contributed by atoms with Crippen molar-refractivity contribution in [2.75, 3.05) is 6.61 Å². The third-order valence-electron chi connectivity index (χ3n) is 7.63. The molecule has 0 bridgehead atoms. The molecule has 0 spiro atoms. The Bertz CT molecular complexity index is 634. The number of unbranched alkanes of at least 4 members (excludes halogenated alkanes) is 5. The Labute approximate surface area is 195 Å². The molecule has 0 amide bonds. The van der Waals surface area contributed by atoms with Crippen LogP contribution in [-0.2, 0) is 10.8 Å². The lowest BCUT2D eigenvalue weighted by Gasteiger charge is -2.42. The molecule has 2 heteroatoms. The summed E-state index contributed by atoms with van der Waals surface area (Å²) in [5.74, 6) is 0.654. The van der Waals surface area contributed by atoms with Crippen molar-refractivity contribution in [2.45, 2.75) is 123 Å². The maximum atomic E-state index is 6.89. The van der Waals surface area contributed by atoms with E-state index >= 15 is 0 Å². The first kappa shape index (κ1) is 26.4. The molecule has 0 N–H and O–H groups in total. The van der Waals surface area contributed by atoms with Gasteiger partial charge in [0.2, 0.25) is 0 Å². The topological polar surface area (TPSA) is 9.23 Å². The average Bonchev–Trinajstić information content (AvgIpc) is 3.20. The van der Waals surface area contributed by atoms with Gasteiger partial charge < -0.3 is 4.43 Å². The van der Waals surface area contributed by atoms with Gasteiger partial charge in [0.1, 0.15) is 0 Å². The zero-order chi connectivity index (χ0) is 22.9. The number of aryl methyl sites for hydroxylation is 1. The first-order valence-corrected chi connectivity index (χ1v) is 15.4. The van der Waals surface area contributed by atoms with Crippen molar-refractivity contribution < 1.29 is 4.43 Å². The van der Waals surface area contributed by atoms with Crippen LogP contribution in [0.1, 0.15) is 111 Å². The minimum atomic E-state index is -1.75. The summed E-state index contributed by atoms with van der Waals surface area (Å²) in [6.45, 7) is 17.5. The van der Waals surface area contributed by atoms with Crippen molar-refractivity contribution >= 4 is 13.9 Å². The third kappa shape index (κ3) is 7.32. The van der Waals surface area contributed by atoms with Crippen molar-refractivity contribution in [1.29, 1.82) is 0 Å². The van der Waals surface area contributed by atoms with E-state index in [9.17, 15) is 0 Å². The van der Waals surface area contributed by atoms with Crippen molar-refractivity contribution in [3.8, 4) is 0 Å². The highest BCUT2D eigenvalue weighted by Gasteiger charge is 2.45. The summed E-state index contributed by atoms with van der Waals surface area (Å²) in [7, 11) is -1.75. The molecule has 0 unspecified atom stereocenters. The lowest BCUT2D eigenvalue weighted by molar-refractivity contribution is 0.227. The molecule has 1 aliphatic carbocycles. The standard InChI is InChI=1S/C29H50OSi/c1-8-9-10-11-12-13-14-26-15-18-28(19-16-26)29-20-17-27(21-29)22-30-31(23(2)3,24(4)5)25(6)7/h15-16,18-20,23-25,27H,8-14,17,21-22H2,1-7H3/t27-/m0/s1. The SMILES string of the molecule is CCCCCCCCc1ccc(C2=CC[C@H](CO[Si](C(C)C)(C(C)C)C(C)C)C2)cc1. The second-order valence-electron chi connectivity index (χ2n) is 10.9. The first-order valence-electron chi connectivity index (χ1n) is 13.2. The minimum absolute atomic E-state index is 0.654. The monoisotopic (exact) mass is 442 g/mol. The molecule has 2 rings (SSSR count). The molecule has 1 aliphatic rings. The average molecular weight is 443 g/mol. The molecule has 1 aromatic carbocycles. The van der Waals surface area contributed by atoms with Crippen molar-refractivity contribution in [1.82, 2.24) is 0 Å². The summed E-state index contributed by atoms with van der Waals surface area (Å²) in [5.41, 5.74) is 6.46. The molecule has 0 fully saturated rings. The first-order chi connectivity index (χ1) is 14.8. The van der Waals surface area contributed by atoms with E-state index in [1.807, 2.05) is 0 Å². The lowest BCUT2D eigenvalue weighted by atomic mass is 9.99. The molecular weight excluding hydrogens is 392 g/mol. The molecule has 1 nitrogen and oxygen atoms in total. The fourth-order valence-corrected chi connectivity index (χ4v) is 11.4. The van der Waals surface area contributed by atoms with E-state index in [0.717, 1.165) is 6.61 Å². The van der Waals surface area contributed by atoms with E-state index in [0.29, 0.717) is 22.5 Å². The van der Waals surface area contributed by atoms with Crippen molar-refractivity contribution in [3.05, 3.63) is 41.5 Å². The van der Waals surface area contributed by atoms with Crippen LogP contribution in [0.3, 0.4) is 0 Å². The summed E-state index contributed by atoms with van der Waals surface area (Å²) in [6, 6.07) is 9.44. The van der Waals surface area contributed by atoms with Gasteiger partial charge >= 0.3 is 0 Å². The Morgan fingerprint density at radius 2 is 1.42 bits per heavy atom. The number of hydrogen-bond acceptors (Lipinski definition) is 1. The number of rotatable bonds is 14. The van der Waals surface area contributed by atoms with Crippen LogP contribution in [-0.4, -0.2) is 14.9 Å². The number of hydrogen-bond donors (Lipinski definition) is 0. The van der Waals surface area contributed by atoms with Crippen molar-refractivity contribution in [2.24, 2.45) is 5.92 Å². The number of allylic oxidation sites excluding steroid dienone is 2. The summed E-state index contributed by atoms with van der Waals surface area (Å²) in [4.78, 5) is 0. The molecule has 176 valence electrons. The Morgan fingerprint density at radius 1 is 0.839 bits per heavy atom. The van der Waals surface area contributed by atoms with Crippen LogP contribution < -0.4 is 0 Å². The normalized spacial score (nSPS) is 17.2. The number of benzene rings is 1. The predicted molar refractivity (Wildman–Crippen MR) is 141 cm³/mol. The molecule has 0 heterocycles. The summed E-state index contributed by atoms with van der Waals surface area (Å²) in [5, 5.41) is 0. The zero-order valence-corrected chi connectivity index (χ0v) is 22.7. The lowest BCUT2D eigenvalue weighted by Crippen LogP contribution is -2.48. The summed E-state index contributed by atoms with van der Waals surface area (Å²) < 4.78 is 6.89. The van der Waals surface area contributed by atoms with E-state index in [1.54, 1.807) is 0 Å². The molecule has 0 aliphatic heterocycles. The minimum Gasteiger partial charge on any atom is -0.416 e. The molecule has 0 saturated heterocycles. The Balaban J connectivity index is 1.83. The molecular formula is C29H50OSi. The molecule has 31 heavy (non-hydrogen) atoms. The zero-order valence-electron chi connectivity index (χ0n) is 21.7. The van der Waals surface area contributed by atoms with Gasteiger partial charge in [0, 0.05) is 6.61 Å². The van der Waals surface area contributed by atoms with Crippen LogP contribution >= 0.6 is 0 Å². The van der Waals surface area contributed by atoms with E-state index in [4.69, 9.17) is 4.43 Å². The highest BCUT2D eigenvalue weighted by molar-refractivity contribution is 6.77. The van der Waals surface area contributed by atoms with Gasteiger partial charge in [-0.15, -0.1) is 0 Å². The van der Waals surface area contributed by atoms with Crippen LogP contribution in [0, 0.1) is 5.92 Å². The van der Waals surface area contributed by atoms with Gasteiger partial charge in [-0.25, -0.2) is 0 Å². The van der Waals surface area contributed by atoms with E-state index in [1.165, 1.54) is 74.5 Å². The molecule has 1 aromatic rings. The fourth-order valence-electron chi connectivity index (χ4n) is 5.91. The Morgan fingerprint density at radius 3 is 2.00 bits per heavy atom. The van der Waals surface area contributed by atoms with Crippen LogP contribution in [0.2, 0.25) is 16.6 Å². The van der Waals surface area contributed by atoms with Crippen LogP contribution in [0.25, 0.3) is 5.57 Å². The Hall–Kier alpha value is -0.863. The summed E-state index contributed by atoms with van der Waals surface area (Å²) >= 11 is 0. The van der Waals surface area contributed by atoms with Gasteiger partial charge in [0.05, 0.1) is 0 Å². The maximum absolute atomic E-state index is 6.89. The molecule has 0 aromatic heterocycles. The molecule has 0 saturated carbocycles. The van der Waals surface area contributed by atoms with Crippen LogP contribution in [0.5, 0.6) is 0 Å². The van der Waals surface area contributed by atoms with Gasteiger partial charge in [-0.05, 0) is 64.9 Å². The molecule has 0 radical (unpaired) electrons. The Kier molecular flexibility index (Phi) is 11.1. The third-order valence-corrected chi connectivity index (χ3v) is 13.7. The fraction of sp³-hybridized carbons (Fsp3) is 0.724. The summed E-state index contributed by atoms with van der Waals surface area (Å²) in [6.07, 6.45) is 14.3. The van der Waals surface area contributed by atoms with Crippen LogP contribution in [0.4, 0.5) is 0 Å².